The Morgan fingerprint density at radius 3 is 2.04 bits per heavy atom. The molecule has 1 heterocycles. The van der Waals surface area contributed by atoms with E-state index < -0.39 is 0 Å². The number of nitrogens with zero attached hydrogens (tertiary/aromatic N) is 1. The Labute approximate surface area is 150 Å². The first-order valence-electron chi connectivity index (χ1n) is 10.4. The molecule has 0 aromatic rings. The molecule has 0 bridgehead atoms. The maximum Gasteiger partial charge on any atom is 0.104 e. The number of aliphatic imine (C=N–C) groups is 1. The van der Waals surface area contributed by atoms with Gasteiger partial charge in [-0.15, -0.1) is 0 Å². The molecule has 0 spiro atoms. The molecule has 2 unspecified atom stereocenters. The van der Waals surface area contributed by atoms with Crippen LogP contribution in [0.5, 0.6) is 0 Å². The van der Waals surface area contributed by atoms with E-state index in [0.29, 0.717) is 6.54 Å². The van der Waals surface area contributed by atoms with Crippen molar-refractivity contribution in [2.75, 3.05) is 19.6 Å². The van der Waals surface area contributed by atoms with E-state index in [-0.39, 0.29) is 11.5 Å². The molecule has 1 aliphatic heterocycles. The third kappa shape index (κ3) is 7.10. The van der Waals surface area contributed by atoms with E-state index >= 15 is 0 Å². The summed E-state index contributed by atoms with van der Waals surface area (Å²) >= 11 is 0. The molecule has 24 heavy (non-hydrogen) atoms. The third-order valence-electron chi connectivity index (χ3n) is 5.58. The van der Waals surface area contributed by atoms with Gasteiger partial charge in [0.15, 0.2) is 0 Å². The Bertz CT molecular complexity index is 341. The molecule has 0 aromatic carbocycles. The zero-order chi connectivity index (χ0) is 17.7. The van der Waals surface area contributed by atoms with Crippen LogP contribution in [-0.4, -0.2) is 31.5 Å². The van der Waals surface area contributed by atoms with Crippen molar-refractivity contribution in [1.29, 1.82) is 0 Å². The topological polar surface area (TPSA) is 76.4 Å². The van der Waals surface area contributed by atoms with Gasteiger partial charge in [0.1, 0.15) is 5.84 Å². The van der Waals surface area contributed by atoms with Gasteiger partial charge in [-0.05, 0) is 26.3 Å². The van der Waals surface area contributed by atoms with E-state index in [0.717, 1.165) is 31.8 Å². The third-order valence-corrected chi connectivity index (χ3v) is 5.58. The first kappa shape index (κ1) is 21.4. The zero-order valence-electron chi connectivity index (χ0n) is 16.3. The molecule has 0 saturated heterocycles. The monoisotopic (exact) mass is 338 g/mol. The Morgan fingerprint density at radius 1 is 1.00 bits per heavy atom. The van der Waals surface area contributed by atoms with Crippen LogP contribution < -0.4 is 16.8 Å². The van der Waals surface area contributed by atoms with Crippen molar-refractivity contribution in [3.8, 4) is 0 Å². The lowest BCUT2D eigenvalue weighted by atomic mass is 9.73. The minimum Gasteiger partial charge on any atom is -0.371 e. The van der Waals surface area contributed by atoms with Crippen LogP contribution >= 0.6 is 0 Å². The summed E-state index contributed by atoms with van der Waals surface area (Å²) in [5.74, 6) is 1.12. The number of nitrogens with two attached hydrogens (primary N) is 2. The van der Waals surface area contributed by atoms with E-state index in [1.165, 1.54) is 64.2 Å². The molecule has 142 valence electrons. The molecule has 2 atom stereocenters. The van der Waals surface area contributed by atoms with E-state index in [9.17, 15) is 0 Å². The molecule has 0 saturated carbocycles. The lowest BCUT2D eigenvalue weighted by molar-refractivity contribution is 0.286. The molecule has 4 heteroatoms. The molecular weight excluding hydrogens is 296 g/mol. The second-order valence-corrected chi connectivity index (χ2v) is 7.57. The van der Waals surface area contributed by atoms with Crippen LogP contribution in [0.1, 0.15) is 90.9 Å². The average Bonchev–Trinajstić information content (AvgIpc) is 3.10. The van der Waals surface area contributed by atoms with Gasteiger partial charge in [-0.3, -0.25) is 4.99 Å². The van der Waals surface area contributed by atoms with Crippen LogP contribution in [-0.2, 0) is 0 Å². The molecule has 0 amide bonds. The molecule has 0 fully saturated rings. The van der Waals surface area contributed by atoms with Crippen LogP contribution in [0.15, 0.2) is 4.99 Å². The summed E-state index contributed by atoms with van der Waals surface area (Å²) < 4.78 is 0. The summed E-state index contributed by atoms with van der Waals surface area (Å²) in [4.78, 5) is 4.68. The van der Waals surface area contributed by atoms with Crippen molar-refractivity contribution in [3.05, 3.63) is 0 Å². The predicted octanol–water partition coefficient (Wildman–Crippen LogP) is 3.98. The molecule has 0 radical (unpaired) electrons. The number of hydrogen-bond acceptors (Lipinski definition) is 4. The molecule has 1 rings (SSSR count). The predicted molar refractivity (Wildman–Crippen MR) is 107 cm³/mol. The Hall–Kier alpha value is -0.610. The normalized spacial score (nSPS) is 18.1. The maximum absolute atomic E-state index is 6.38. The average molecular weight is 339 g/mol. The van der Waals surface area contributed by atoms with Crippen molar-refractivity contribution >= 4 is 5.84 Å². The van der Waals surface area contributed by atoms with Crippen LogP contribution in [0.2, 0.25) is 0 Å². The number of hydrogen-bond donors (Lipinski definition) is 3. The summed E-state index contributed by atoms with van der Waals surface area (Å²) in [6, 6.07) is 0.101. The van der Waals surface area contributed by atoms with Crippen molar-refractivity contribution in [1.82, 2.24) is 5.32 Å². The fraction of sp³-hybridized carbons (Fsp3) is 0.950. The highest BCUT2D eigenvalue weighted by atomic mass is 15.1. The molecule has 4 nitrogen and oxygen atoms in total. The zero-order valence-corrected chi connectivity index (χ0v) is 16.3. The fourth-order valence-electron chi connectivity index (χ4n) is 3.95. The van der Waals surface area contributed by atoms with E-state index in [1.807, 2.05) is 0 Å². The summed E-state index contributed by atoms with van der Waals surface area (Å²) in [7, 11) is 0. The van der Waals surface area contributed by atoms with Crippen LogP contribution in [0.3, 0.4) is 0 Å². The maximum atomic E-state index is 6.38. The minimum atomic E-state index is -0.0363. The molecule has 0 aliphatic carbocycles. The number of rotatable bonds is 15. The van der Waals surface area contributed by atoms with Gasteiger partial charge in [-0.2, -0.15) is 0 Å². The second-order valence-electron chi connectivity index (χ2n) is 7.57. The van der Waals surface area contributed by atoms with Gasteiger partial charge >= 0.3 is 0 Å². The van der Waals surface area contributed by atoms with Gasteiger partial charge in [0.2, 0.25) is 0 Å². The van der Waals surface area contributed by atoms with Crippen molar-refractivity contribution in [3.63, 3.8) is 0 Å². The Balaban J connectivity index is 2.25. The van der Waals surface area contributed by atoms with Gasteiger partial charge < -0.3 is 16.8 Å². The lowest BCUT2D eigenvalue weighted by Crippen LogP contribution is -2.51. The van der Waals surface area contributed by atoms with Gasteiger partial charge in [-0.1, -0.05) is 71.1 Å². The molecule has 0 aromatic heterocycles. The number of amidine groups is 1. The second kappa shape index (κ2) is 12.7. The SMILES string of the molecule is CCCCCCCCCCCCC(CCN)(C1=NCCN1)C(C)N. The summed E-state index contributed by atoms with van der Waals surface area (Å²) in [6.45, 7) is 6.91. The fourth-order valence-corrected chi connectivity index (χ4v) is 3.95. The first-order valence-corrected chi connectivity index (χ1v) is 10.4. The summed E-state index contributed by atoms with van der Waals surface area (Å²) in [5, 5.41) is 3.46. The highest BCUT2D eigenvalue weighted by molar-refractivity contribution is 5.90. The standard InChI is InChI=1S/C20H42N4/c1-3-4-5-6-7-8-9-10-11-12-13-20(14-15-21,18(2)22)19-23-16-17-24-19/h18H,3-17,21-22H2,1-2H3,(H,23,24). The van der Waals surface area contributed by atoms with Gasteiger partial charge in [0.05, 0.1) is 6.54 Å². The van der Waals surface area contributed by atoms with Crippen LogP contribution in [0, 0.1) is 5.41 Å². The van der Waals surface area contributed by atoms with Crippen molar-refractivity contribution < 1.29 is 0 Å². The molecule has 1 aliphatic rings. The largest absolute Gasteiger partial charge is 0.371 e. The van der Waals surface area contributed by atoms with Gasteiger partial charge in [0.25, 0.3) is 0 Å². The Kier molecular flexibility index (Phi) is 11.4. The number of nitrogens with one attached hydrogen (secondary N) is 1. The highest BCUT2D eigenvalue weighted by Gasteiger charge is 2.39. The van der Waals surface area contributed by atoms with Gasteiger partial charge in [0, 0.05) is 18.0 Å². The Morgan fingerprint density at radius 2 is 1.58 bits per heavy atom. The van der Waals surface area contributed by atoms with Crippen LogP contribution in [0.25, 0.3) is 0 Å². The summed E-state index contributed by atoms with van der Waals surface area (Å²) in [5.41, 5.74) is 12.2. The summed E-state index contributed by atoms with van der Waals surface area (Å²) in [6.07, 6.45) is 15.7. The highest BCUT2D eigenvalue weighted by Crippen LogP contribution is 2.34. The van der Waals surface area contributed by atoms with Gasteiger partial charge in [-0.25, -0.2) is 0 Å². The minimum absolute atomic E-state index is 0.0363. The van der Waals surface area contributed by atoms with E-state index in [2.05, 4.69) is 24.2 Å². The van der Waals surface area contributed by atoms with Crippen molar-refractivity contribution in [2.45, 2.75) is 96.9 Å². The molecule has 5 N–H and O–H groups in total. The first-order chi connectivity index (χ1) is 11.7. The smallest absolute Gasteiger partial charge is 0.104 e. The van der Waals surface area contributed by atoms with Crippen LogP contribution in [0.4, 0.5) is 0 Å². The number of unbranched alkanes of at least 4 members (excludes halogenated alkanes) is 9. The lowest BCUT2D eigenvalue weighted by Gasteiger charge is -2.37. The van der Waals surface area contributed by atoms with E-state index in [1.54, 1.807) is 0 Å². The quantitative estimate of drug-likeness (QED) is 0.395. The van der Waals surface area contributed by atoms with Crippen molar-refractivity contribution in [2.24, 2.45) is 21.9 Å². The van der Waals surface area contributed by atoms with E-state index in [4.69, 9.17) is 11.5 Å². The molecular formula is C20H42N4.